The van der Waals surface area contributed by atoms with Crippen LogP contribution in [0.25, 0.3) is 10.6 Å². The summed E-state index contributed by atoms with van der Waals surface area (Å²) in [4.78, 5) is 16.5. The first kappa shape index (κ1) is 16.1. The molecular formula is C13H12F2N6O2S. The zero-order chi connectivity index (χ0) is 17.1. The first-order valence-corrected chi connectivity index (χ1v) is 7.60. The molecule has 24 heavy (non-hydrogen) atoms. The van der Waals surface area contributed by atoms with Crippen LogP contribution in [0.5, 0.6) is 5.88 Å². The van der Waals surface area contributed by atoms with Crippen molar-refractivity contribution in [3.63, 3.8) is 0 Å². The highest BCUT2D eigenvalue weighted by atomic mass is 32.1. The molecule has 3 heterocycles. The lowest BCUT2D eigenvalue weighted by atomic mass is 10.4. The quantitative estimate of drug-likeness (QED) is 0.708. The predicted octanol–water partition coefficient (Wildman–Crippen LogP) is 2.26. The number of thiazole rings is 1. The van der Waals surface area contributed by atoms with Crippen molar-refractivity contribution in [1.29, 1.82) is 0 Å². The fraction of sp³-hybridized carbons (Fsp3) is 0.231. The van der Waals surface area contributed by atoms with E-state index in [9.17, 15) is 13.6 Å². The molecule has 2 N–H and O–H groups in total. The minimum absolute atomic E-state index is 0.0503. The van der Waals surface area contributed by atoms with E-state index in [4.69, 9.17) is 4.74 Å². The van der Waals surface area contributed by atoms with Gasteiger partial charge in [-0.2, -0.15) is 5.10 Å². The van der Waals surface area contributed by atoms with E-state index >= 15 is 0 Å². The van der Waals surface area contributed by atoms with Crippen LogP contribution in [0.15, 0.2) is 24.0 Å². The standard InChI is InChI=1S/C13H12F2N6O2S/c1-23-12-8(4-21(20-12)5-10(14)15)18-11(22)9-6-24-13(19-9)7-2-16-17-3-7/h2-4,6,10H,5H2,1H3,(H,16,17)(H,18,22). The Morgan fingerprint density at radius 2 is 2.38 bits per heavy atom. The Labute approximate surface area is 138 Å². The van der Waals surface area contributed by atoms with E-state index in [1.165, 1.54) is 24.6 Å². The third kappa shape index (κ3) is 3.40. The van der Waals surface area contributed by atoms with Gasteiger partial charge in [-0.15, -0.1) is 16.4 Å². The number of nitrogens with zero attached hydrogens (tertiary/aromatic N) is 4. The van der Waals surface area contributed by atoms with Crippen molar-refractivity contribution in [2.45, 2.75) is 13.0 Å². The molecule has 11 heteroatoms. The molecule has 0 aromatic carbocycles. The summed E-state index contributed by atoms with van der Waals surface area (Å²) in [5, 5.41) is 15.1. The summed E-state index contributed by atoms with van der Waals surface area (Å²) in [6, 6.07) is 0. The molecule has 3 aromatic heterocycles. The molecule has 126 valence electrons. The Kier molecular flexibility index (Phi) is 4.51. The number of H-pyrrole nitrogens is 1. The SMILES string of the molecule is COc1nn(CC(F)F)cc1NC(=O)c1csc(-c2cn[nH]c2)n1. The van der Waals surface area contributed by atoms with Gasteiger partial charge in [0, 0.05) is 17.1 Å². The third-order valence-electron chi connectivity index (χ3n) is 2.98. The van der Waals surface area contributed by atoms with Crippen LogP contribution in [0.1, 0.15) is 10.5 Å². The molecule has 0 radical (unpaired) electrons. The molecule has 0 aliphatic carbocycles. The van der Waals surface area contributed by atoms with Crippen LogP contribution in [0.3, 0.4) is 0 Å². The number of aromatic nitrogens is 5. The van der Waals surface area contributed by atoms with Crippen LogP contribution in [0.2, 0.25) is 0 Å². The zero-order valence-corrected chi connectivity index (χ0v) is 13.2. The number of ether oxygens (including phenoxy) is 1. The highest BCUT2D eigenvalue weighted by Crippen LogP contribution is 2.25. The third-order valence-corrected chi connectivity index (χ3v) is 3.87. The van der Waals surface area contributed by atoms with Gasteiger partial charge in [-0.05, 0) is 0 Å². The monoisotopic (exact) mass is 354 g/mol. The number of carbonyl (C=O) groups is 1. The molecule has 0 atom stereocenters. The van der Waals surface area contributed by atoms with E-state index in [0.29, 0.717) is 5.01 Å². The van der Waals surface area contributed by atoms with Gasteiger partial charge in [0.25, 0.3) is 18.2 Å². The Morgan fingerprint density at radius 3 is 3.04 bits per heavy atom. The Balaban J connectivity index is 1.76. The number of hydrogen-bond acceptors (Lipinski definition) is 6. The summed E-state index contributed by atoms with van der Waals surface area (Å²) in [7, 11) is 1.34. The number of rotatable bonds is 6. The topological polar surface area (TPSA) is 97.7 Å². The molecule has 0 unspecified atom stereocenters. The van der Waals surface area contributed by atoms with Crippen molar-refractivity contribution in [3.8, 4) is 16.5 Å². The maximum absolute atomic E-state index is 12.4. The summed E-state index contributed by atoms with van der Waals surface area (Å²) in [5.74, 6) is -0.440. The summed E-state index contributed by atoms with van der Waals surface area (Å²) in [6.07, 6.45) is 1.98. The van der Waals surface area contributed by atoms with Gasteiger partial charge in [0.15, 0.2) is 0 Å². The number of anilines is 1. The fourth-order valence-electron chi connectivity index (χ4n) is 1.94. The second kappa shape index (κ2) is 6.74. The number of methoxy groups -OCH3 is 1. The number of alkyl halides is 2. The highest BCUT2D eigenvalue weighted by molar-refractivity contribution is 7.13. The molecular weight excluding hydrogens is 342 g/mol. The van der Waals surface area contributed by atoms with E-state index in [1.54, 1.807) is 17.8 Å². The molecule has 0 aliphatic rings. The van der Waals surface area contributed by atoms with Crippen LogP contribution < -0.4 is 10.1 Å². The lowest BCUT2D eigenvalue weighted by molar-refractivity contribution is 0.102. The Morgan fingerprint density at radius 1 is 1.54 bits per heavy atom. The average Bonchev–Trinajstić information content (AvgIpc) is 3.26. The second-order valence-electron chi connectivity index (χ2n) is 4.64. The fourth-order valence-corrected chi connectivity index (χ4v) is 2.72. The van der Waals surface area contributed by atoms with Gasteiger partial charge in [0.05, 0.1) is 19.5 Å². The molecule has 0 aliphatic heterocycles. The molecule has 3 aromatic rings. The van der Waals surface area contributed by atoms with Gasteiger partial charge in [-0.1, -0.05) is 0 Å². The summed E-state index contributed by atoms with van der Waals surface area (Å²) >= 11 is 1.29. The maximum Gasteiger partial charge on any atom is 0.275 e. The molecule has 0 spiro atoms. The Hall–Kier alpha value is -2.82. The number of carbonyl (C=O) groups excluding carboxylic acids is 1. The van der Waals surface area contributed by atoms with Gasteiger partial charge in [0.1, 0.15) is 22.9 Å². The predicted molar refractivity (Wildman–Crippen MR) is 82.4 cm³/mol. The lowest BCUT2D eigenvalue weighted by Crippen LogP contribution is -2.12. The summed E-state index contributed by atoms with van der Waals surface area (Å²) in [5.41, 5.74) is 1.15. The van der Waals surface area contributed by atoms with Gasteiger partial charge >= 0.3 is 0 Å². The van der Waals surface area contributed by atoms with Crippen LogP contribution in [0, 0.1) is 0 Å². The van der Waals surface area contributed by atoms with Crippen molar-refractivity contribution in [2.24, 2.45) is 0 Å². The summed E-state index contributed by atoms with van der Waals surface area (Å²) in [6.45, 7) is -0.590. The Bertz CT molecular complexity index is 830. The maximum atomic E-state index is 12.4. The zero-order valence-electron chi connectivity index (χ0n) is 12.4. The first-order chi connectivity index (χ1) is 11.6. The van der Waals surface area contributed by atoms with E-state index in [1.807, 2.05) is 0 Å². The van der Waals surface area contributed by atoms with E-state index in [2.05, 4.69) is 25.6 Å². The first-order valence-electron chi connectivity index (χ1n) is 6.72. The number of aromatic amines is 1. The highest BCUT2D eigenvalue weighted by Gasteiger charge is 2.18. The summed E-state index contributed by atoms with van der Waals surface area (Å²) < 4.78 is 30.8. The van der Waals surface area contributed by atoms with Gasteiger partial charge < -0.3 is 10.1 Å². The molecule has 3 rings (SSSR count). The lowest BCUT2D eigenvalue weighted by Gasteiger charge is -2.01. The van der Waals surface area contributed by atoms with Crippen molar-refractivity contribution in [3.05, 3.63) is 29.7 Å². The number of amides is 1. The van der Waals surface area contributed by atoms with Gasteiger partial charge in [-0.3, -0.25) is 14.6 Å². The second-order valence-corrected chi connectivity index (χ2v) is 5.50. The number of nitrogens with one attached hydrogen (secondary N) is 2. The van der Waals surface area contributed by atoms with Crippen LogP contribution >= 0.6 is 11.3 Å². The van der Waals surface area contributed by atoms with Gasteiger partial charge in [0.2, 0.25) is 0 Å². The molecule has 0 bridgehead atoms. The van der Waals surface area contributed by atoms with Crippen LogP contribution in [-0.2, 0) is 6.54 Å². The van der Waals surface area contributed by atoms with E-state index in [0.717, 1.165) is 10.2 Å². The number of hydrogen-bond donors (Lipinski definition) is 2. The minimum Gasteiger partial charge on any atom is -0.478 e. The van der Waals surface area contributed by atoms with Crippen LogP contribution in [-0.4, -0.2) is 44.4 Å². The molecule has 0 saturated carbocycles. The van der Waals surface area contributed by atoms with Gasteiger partial charge in [-0.25, -0.2) is 13.8 Å². The van der Waals surface area contributed by atoms with Crippen molar-refractivity contribution < 1.29 is 18.3 Å². The normalized spacial score (nSPS) is 11.0. The van der Waals surface area contributed by atoms with Crippen molar-refractivity contribution in [2.75, 3.05) is 12.4 Å². The van der Waals surface area contributed by atoms with Crippen LogP contribution in [0.4, 0.5) is 14.5 Å². The smallest absolute Gasteiger partial charge is 0.275 e. The molecule has 0 saturated heterocycles. The molecule has 1 amide bonds. The van der Waals surface area contributed by atoms with E-state index < -0.39 is 18.9 Å². The van der Waals surface area contributed by atoms with Crippen molar-refractivity contribution >= 4 is 22.9 Å². The minimum atomic E-state index is -2.56. The largest absolute Gasteiger partial charge is 0.478 e. The molecule has 0 fully saturated rings. The molecule has 8 nitrogen and oxygen atoms in total. The number of halogens is 2. The van der Waals surface area contributed by atoms with E-state index in [-0.39, 0.29) is 17.3 Å². The average molecular weight is 354 g/mol. The van der Waals surface area contributed by atoms with Crippen molar-refractivity contribution in [1.82, 2.24) is 25.0 Å².